The largest absolute Gasteiger partial charge is 0.318 e. The Balaban J connectivity index is 1.86. The minimum atomic E-state index is 0.0501. The highest BCUT2D eigenvalue weighted by atomic mass is 32.1. The molecule has 0 saturated heterocycles. The van der Waals surface area contributed by atoms with Crippen molar-refractivity contribution in [1.29, 1.82) is 0 Å². The first-order valence-corrected chi connectivity index (χ1v) is 8.76. The van der Waals surface area contributed by atoms with Crippen LogP contribution in [0.5, 0.6) is 0 Å². The lowest BCUT2D eigenvalue weighted by Gasteiger charge is -2.14. The lowest BCUT2D eigenvalue weighted by molar-refractivity contribution is -0.117. The number of thiazole rings is 1. The van der Waals surface area contributed by atoms with Crippen LogP contribution in [0.1, 0.15) is 22.5 Å². The van der Waals surface area contributed by atoms with E-state index in [1.807, 2.05) is 5.38 Å². The third-order valence-electron chi connectivity index (χ3n) is 4.25. The van der Waals surface area contributed by atoms with Crippen molar-refractivity contribution in [2.75, 3.05) is 11.9 Å². The number of benzene rings is 1. The van der Waals surface area contributed by atoms with Crippen molar-refractivity contribution in [3.63, 3.8) is 0 Å². The number of likely N-dealkylation sites (N-methyl/N-ethyl adjacent to an activating group) is 1. The number of amides is 1. The molecule has 0 bridgehead atoms. The molecule has 0 spiro atoms. The molecule has 1 aromatic carbocycles. The topological polar surface area (TPSA) is 38.1 Å². The van der Waals surface area contributed by atoms with E-state index < -0.39 is 0 Å². The SMILES string of the molecule is Cc1ccc(-n2c(C)cc(CC(=O)N(C)c3nccs3)c2C)cc1. The third-order valence-corrected chi connectivity index (χ3v) is 5.10. The zero-order valence-electron chi connectivity index (χ0n) is 14.4. The van der Waals surface area contributed by atoms with E-state index in [-0.39, 0.29) is 5.91 Å². The van der Waals surface area contributed by atoms with Crippen molar-refractivity contribution in [2.24, 2.45) is 0 Å². The lowest BCUT2D eigenvalue weighted by Crippen LogP contribution is -2.27. The second kappa shape index (κ2) is 6.61. The lowest BCUT2D eigenvalue weighted by atomic mass is 10.1. The van der Waals surface area contributed by atoms with Gasteiger partial charge < -0.3 is 4.57 Å². The van der Waals surface area contributed by atoms with E-state index in [1.54, 1.807) is 18.1 Å². The summed E-state index contributed by atoms with van der Waals surface area (Å²) in [7, 11) is 1.78. The van der Waals surface area contributed by atoms with Crippen molar-refractivity contribution in [3.05, 3.63) is 64.4 Å². The highest BCUT2D eigenvalue weighted by molar-refractivity contribution is 7.13. The van der Waals surface area contributed by atoms with Crippen molar-refractivity contribution in [3.8, 4) is 5.69 Å². The molecule has 0 fully saturated rings. The second-order valence-corrected chi connectivity index (χ2v) is 6.88. The smallest absolute Gasteiger partial charge is 0.232 e. The molecule has 0 aliphatic carbocycles. The van der Waals surface area contributed by atoms with Gasteiger partial charge in [-0.25, -0.2) is 4.98 Å². The Kier molecular flexibility index (Phi) is 4.53. The maximum absolute atomic E-state index is 12.5. The Bertz CT molecular complexity index is 848. The monoisotopic (exact) mass is 339 g/mol. The maximum atomic E-state index is 12.5. The van der Waals surface area contributed by atoms with Crippen LogP contribution in [0.15, 0.2) is 41.9 Å². The Labute approximate surface area is 146 Å². The number of rotatable bonds is 4. The van der Waals surface area contributed by atoms with Gasteiger partial charge in [0.25, 0.3) is 0 Å². The molecule has 2 heterocycles. The summed E-state index contributed by atoms with van der Waals surface area (Å²) in [5.74, 6) is 0.0501. The van der Waals surface area contributed by atoms with E-state index >= 15 is 0 Å². The first-order valence-electron chi connectivity index (χ1n) is 7.88. The van der Waals surface area contributed by atoms with Gasteiger partial charge in [-0.05, 0) is 44.5 Å². The van der Waals surface area contributed by atoms with Gasteiger partial charge >= 0.3 is 0 Å². The first kappa shape index (κ1) is 16.5. The van der Waals surface area contributed by atoms with E-state index in [1.165, 1.54) is 16.9 Å². The molecule has 0 atom stereocenters. The van der Waals surface area contributed by atoms with Crippen molar-refractivity contribution in [1.82, 2.24) is 9.55 Å². The number of aryl methyl sites for hydroxylation is 2. The zero-order chi connectivity index (χ0) is 17.3. The fraction of sp³-hybridized carbons (Fsp3) is 0.263. The van der Waals surface area contributed by atoms with Crippen molar-refractivity contribution >= 4 is 22.4 Å². The standard InChI is InChI=1S/C19H21N3OS/c1-13-5-7-17(8-6-13)22-14(2)11-16(15(22)3)12-18(23)21(4)19-20-9-10-24-19/h5-11H,12H2,1-4H3. The molecule has 0 aliphatic rings. The fourth-order valence-electron chi connectivity index (χ4n) is 2.87. The van der Waals surface area contributed by atoms with Gasteiger partial charge in [0.2, 0.25) is 5.91 Å². The van der Waals surface area contributed by atoms with Gasteiger partial charge in [-0.15, -0.1) is 11.3 Å². The summed E-state index contributed by atoms with van der Waals surface area (Å²) in [5.41, 5.74) is 5.67. The Hall–Kier alpha value is -2.40. The predicted molar refractivity (Wildman–Crippen MR) is 99.2 cm³/mol. The third kappa shape index (κ3) is 3.12. The van der Waals surface area contributed by atoms with Gasteiger partial charge in [0, 0.05) is 35.7 Å². The minimum absolute atomic E-state index is 0.0501. The van der Waals surface area contributed by atoms with Crippen LogP contribution in [0.2, 0.25) is 0 Å². The van der Waals surface area contributed by atoms with Gasteiger partial charge in [-0.2, -0.15) is 0 Å². The summed E-state index contributed by atoms with van der Waals surface area (Å²) in [6, 6.07) is 10.5. The average molecular weight is 339 g/mol. The Morgan fingerprint density at radius 2 is 1.92 bits per heavy atom. The number of carbonyl (C=O) groups excluding carboxylic acids is 1. The molecule has 0 N–H and O–H groups in total. The fourth-order valence-corrected chi connectivity index (χ4v) is 3.49. The molecule has 3 aromatic rings. The molecule has 0 saturated carbocycles. The number of hydrogen-bond acceptors (Lipinski definition) is 3. The van der Waals surface area contributed by atoms with Crippen LogP contribution in [0.4, 0.5) is 5.13 Å². The molecule has 24 heavy (non-hydrogen) atoms. The molecule has 0 aliphatic heterocycles. The highest BCUT2D eigenvalue weighted by Crippen LogP contribution is 2.23. The summed E-state index contributed by atoms with van der Waals surface area (Å²) in [4.78, 5) is 18.4. The number of hydrogen-bond donors (Lipinski definition) is 0. The molecular formula is C19H21N3OS. The van der Waals surface area contributed by atoms with E-state index in [0.717, 1.165) is 27.8 Å². The van der Waals surface area contributed by atoms with E-state index in [2.05, 4.69) is 60.7 Å². The molecule has 3 rings (SSSR count). The van der Waals surface area contributed by atoms with Gasteiger partial charge in [-0.1, -0.05) is 17.7 Å². The predicted octanol–water partition coefficient (Wildman–Crippen LogP) is 4.06. The molecule has 1 amide bonds. The summed E-state index contributed by atoms with van der Waals surface area (Å²) < 4.78 is 2.20. The average Bonchev–Trinajstić information content (AvgIpc) is 3.17. The van der Waals surface area contributed by atoms with E-state index in [0.29, 0.717) is 6.42 Å². The van der Waals surface area contributed by atoms with Crippen molar-refractivity contribution < 1.29 is 4.79 Å². The first-order chi connectivity index (χ1) is 11.5. The Morgan fingerprint density at radius 1 is 1.21 bits per heavy atom. The van der Waals surface area contributed by atoms with Gasteiger partial charge in [0.1, 0.15) is 0 Å². The van der Waals surface area contributed by atoms with Gasteiger partial charge in [0.05, 0.1) is 6.42 Å². The van der Waals surface area contributed by atoms with Crippen LogP contribution in [0.25, 0.3) is 5.69 Å². The number of nitrogens with zero attached hydrogens (tertiary/aromatic N) is 3. The number of carbonyl (C=O) groups is 1. The molecule has 0 unspecified atom stereocenters. The molecular weight excluding hydrogens is 318 g/mol. The van der Waals surface area contributed by atoms with Crippen LogP contribution in [0.3, 0.4) is 0 Å². The van der Waals surface area contributed by atoms with Crippen LogP contribution >= 0.6 is 11.3 Å². The molecule has 5 heteroatoms. The maximum Gasteiger partial charge on any atom is 0.232 e. The minimum Gasteiger partial charge on any atom is -0.318 e. The van der Waals surface area contributed by atoms with Crippen molar-refractivity contribution in [2.45, 2.75) is 27.2 Å². The zero-order valence-corrected chi connectivity index (χ0v) is 15.2. The highest BCUT2D eigenvalue weighted by Gasteiger charge is 2.18. The molecule has 2 aromatic heterocycles. The summed E-state index contributed by atoms with van der Waals surface area (Å²) in [5, 5.41) is 2.61. The summed E-state index contributed by atoms with van der Waals surface area (Å²) in [6.45, 7) is 6.22. The van der Waals surface area contributed by atoms with Gasteiger partial charge in [0.15, 0.2) is 5.13 Å². The van der Waals surface area contributed by atoms with Crippen LogP contribution in [0, 0.1) is 20.8 Å². The van der Waals surface area contributed by atoms with Crippen LogP contribution in [-0.4, -0.2) is 22.5 Å². The summed E-state index contributed by atoms with van der Waals surface area (Å²) in [6.07, 6.45) is 2.09. The molecule has 4 nitrogen and oxygen atoms in total. The molecule has 124 valence electrons. The van der Waals surface area contributed by atoms with Crippen LogP contribution < -0.4 is 4.90 Å². The second-order valence-electron chi connectivity index (χ2n) is 6.01. The van der Waals surface area contributed by atoms with E-state index in [4.69, 9.17) is 0 Å². The van der Waals surface area contributed by atoms with Gasteiger partial charge in [-0.3, -0.25) is 9.69 Å². The Morgan fingerprint density at radius 3 is 2.54 bits per heavy atom. The van der Waals surface area contributed by atoms with E-state index in [9.17, 15) is 4.79 Å². The number of aromatic nitrogens is 2. The summed E-state index contributed by atoms with van der Waals surface area (Å²) >= 11 is 1.47. The number of anilines is 1. The normalized spacial score (nSPS) is 10.8. The quantitative estimate of drug-likeness (QED) is 0.719. The molecule has 0 radical (unpaired) electrons. The van der Waals surface area contributed by atoms with Crippen LogP contribution in [-0.2, 0) is 11.2 Å².